The van der Waals surface area contributed by atoms with Crippen LogP contribution in [0.15, 0.2) is 18.2 Å². The number of hydrogen-bond donors (Lipinski definition) is 1. The molecular formula is C12H16FNOS. The Balaban J connectivity index is 2.55. The number of nitrogens with one attached hydrogen (secondary N) is 1. The maximum Gasteiger partial charge on any atom is 0.254 e. The predicted molar refractivity (Wildman–Crippen MR) is 66.5 cm³/mol. The lowest BCUT2D eigenvalue weighted by Gasteiger charge is -2.06. The summed E-state index contributed by atoms with van der Waals surface area (Å²) in [6.07, 6.45) is 2.92. The summed E-state index contributed by atoms with van der Waals surface area (Å²) in [5, 5.41) is 2.71. The van der Waals surface area contributed by atoms with Crippen LogP contribution < -0.4 is 5.32 Å². The van der Waals surface area contributed by atoms with E-state index in [1.807, 2.05) is 13.2 Å². The molecule has 0 radical (unpaired) electrons. The van der Waals surface area contributed by atoms with Crippen molar-refractivity contribution >= 4 is 17.7 Å². The van der Waals surface area contributed by atoms with Gasteiger partial charge in [-0.1, -0.05) is 11.6 Å². The van der Waals surface area contributed by atoms with Gasteiger partial charge in [-0.3, -0.25) is 4.79 Å². The first-order valence-electron chi connectivity index (χ1n) is 5.18. The Morgan fingerprint density at radius 3 is 2.94 bits per heavy atom. The van der Waals surface area contributed by atoms with Crippen molar-refractivity contribution in [3.8, 4) is 0 Å². The molecule has 0 aromatic heterocycles. The molecule has 0 atom stereocenters. The van der Waals surface area contributed by atoms with E-state index in [0.29, 0.717) is 6.54 Å². The molecule has 0 aliphatic heterocycles. The van der Waals surface area contributed by atoms with Gasteiger partial charge >= 0.3 is 0 Å². The first-order chi connectivity index (χ1) is 7.65. The van der Waals surface area contributed by atoms with Crippen molar-refractivity contribution in [2.45, 2.75) is 13.3 Å². The van der Waals surface area contributed by atoms with Crippen LogP contribution in [0.4, 0.5) is 4.39 Å². The molecular weight excluding hydrogens is 225 g/mol. The Morgan fingerprint density at radius 1 is 1.50 bits per heavy atom. The zero-order valence-corrected chi connectivity index (χ0v) is 10.4. The molecule has 4 heteroatoms. The Morgan fingerprint density at radius 2 is 2.25 bits per heavy atom. The van der Waals surface area contributed by atoms with E-state index < -0.39 is 5.82 Å². The quantitative estimate of drug-likeness (QED) is 0.803. The summed E-state index contributed by atoms with van der Waals surface area (Å²) in [7, 11) is 0. The lowest BCUT2D eigenvalue weighted by Crippen LogP contribution is -2.25. The molecule has 0 fully saturated rings. The van der Waals surface area contributed by atoms with Gasteiger partial charge in [0.2, 0.25) is 0 Å². The van der Waals surface area contributed by atoms with Gasteiger partial charge in [-0.05, 0) is 37.5 Å². The lowest BCUT2D eigenvalue weighted by atomic mass is 10.1. The maximum absolute atomic E-state index is 13.3. The van der Waals surface area contributed by atoms with E-state index in [1.165, 1.54) is 6.07 Å². The number of hydrogen-bond acceptors (Lipinski definition) is 2. The average molecular weight is 241 g/mol. The first kappa shape index (κ1) is 13.0. The van der Waals surface area contributed by atoms with Crippen molar-refractivity contribution in [2.24, 2.45) is 0 Å². The van der Waals surface area contributed by atoms with E-state index in [9.17, 15) is 9.18 Å². The highest BCUT2D eigenvalue weighted by Gasteiger charge is 2.10. The highest BCUT2D eigenvalue weighted by Crippen LogP contribution is 2.09. The topological polar surface area (TPSA) is 29.1 Å². The summed E-state index contributed by atoms with van der Waals surface area (Å²) < 4.78 is 13.3. The van der Waals surface area contributed by atoms with Gasteiger partial charge in [-0.2, -0.15) is 11.8 Å². The predicted octanol–water partition coefficient (Wildman–Crippen LogP) is 2.62. The summed E-state index contributed by atoms with van der Waals surface area (Å²) in [6.45, 7) is 2.43. The second-order valence-electron chi connectivity index (χ2n) is 3.59. The number of benzene rings is 1. The van der Waals surface area contributed by atoms with Crippen LogP contribution in [0.3, 0.4) is 0 Å². The number of amides is 1. The largest absolute Gasteiger partial charge is 0.352 e. The van der Waals surface area contributed by atoms with Gasteiger partial charge in [0.25, 0.3) is 5.91 Å². The van der Waals surface area contributed by atoms with Crippen LogP contribution in [-0.4, -0.2) is 24.5 Å². The molecule has 0 aliphatic carbocycles. The fourth-order valence-corrected chi connectivity index (χ4v) is 1.76. The summed E-state index contributed by atoms with van der Waals surface area (Å²) in [5.41, 5.74) is 1.01. The van der Waals surface area contributed by atoms with Crippen LogP contribution >= 0.6 is 11.8 Å². The van der Waals surface area contributed by atoms with Crippen molar-refractivity contribution < 1.29 is 9.18 Å². The number of rotatable bonds is 5. The molecule has 0 spiro atoms. The van der Waals surface area contributed by atoms with E-state index in [4.69, 9.17) is 0 Å². The van der Waals surface area contributed by atoms with Gasteiger partial charge in [0.05, 0.1) is 5.56 Å². The molecule has 1 aromatic rings. The summed E-state index contributed by atoms with van der Waals surface area (Å²) in [4.78, 5) is 11.6. The smallest absolute Gasteiger partial charge is 0.254 e. The average Bonchev–Trinajstić information content (AvgIpc) is 2.27. The van der Waals surface area contributed by atoms with E-state index in [-0.39, 0.29) is 11.5 Å². The van der Waals surface area contributed by atoms with Crippen LogP contribution in [0.1, 0.15) is 22.3 Å². The number of carbonyl (C=O) groups excluding carboxylic acids is 1. The number of thioether (sulfide) groups is 1. The fraction of sp³-hybridized carbons (Fsp3) is 0.417. The summed E-state index contributed by atoms with van der Waals surface area (Å²) in [5.74, 6) is 0.201. The van der Waals surface area contributed by atoms with E-state index in [1.54, 1.807) is 23.9 Å². The van der Waals surface area contributed by atoms with Gasteiger partial charge in [0, 0.05) is 6.54 Å². The maximum atomic E-state index is 13.3. The van der Waals surface area contributed by atoms with Gasteiger partial charge in [-0.15, -0.1) is 0 Å². The molecule has 1 rings (SSSR count). The third kappa shape index (κ3) is 3.85. The zero-order chi connectivity index (χ0) is 12.0. The monoisotopic (exact) mass is 241 g/mol. The van der Waals surface area contributed by atoms with Crippen LogP contribution in [0.2, 0.25) is 0 Å². The summed E-state index contributed by atoms with van der Waals surface area (Å²) in [6, 6.07) is 4.55. The second kappa shape index (κ2) is 6.53. The van der Waals surface area contributed by atoms with Crippen molar-refractivity contribution in [3.63, 3.8) is 0 Å². The third-order valence-corrected chi connectivity index (χ3v) is 2.87. The van der Waals surface area contributed by atoms with Crippen molar-refractivity contribution in [2.75, 3.05) is 18.6 Å². The minimum Gasteiger partial charge on any atom is -0.352 e. The Kier molecular flexibility index (Phi) is 5.32. The molecule has 0 aliphatic rings. The van der Waals surface area contributed by atoms with E-state index in [2.05, 4.69) is 5.32 Å². The summed E-state index contributed by atoms with van der Waals surface area (Å²) >= 11 is 1.73. The SMILES string of the molecule is CSCCCNC(=O)c1cc(C)ccc1F. The Bertz CT molecular complexity index is 368. The second-order valence-corrected chi connectivity index (χ2v) is 4.57. The molecule has 1 amide bonds. The molecule has 1 N–H and O–H groups in total. The normalized spacial score (nSPS) is 10.2. The van der Waals surface area contributed by atoms with Gasteiger partial charge < -0.3 is 5.32 Å². The number of carbonyl (C=O) groups is 1. The molecule has 2 nitrogen and oxygen atoms in total. The van der Waals surface area contributed by atoms with Crippen molar-refractivity contribution in [3.05, 3.63) is 35.1 Å². The first-order valence-corrected chi connectivity index (χ1v) is 6.58. The van der Waals surface area contributed by atoms with Crippen LogP contribution in [0.5, 0.6) is 0 Å². The van der Waals surface area contributed by atoms with Crippen molar-refractivity contribution in [1.29, 1.82) is 0 Å². The standard InChI is InChI=1S/C12H16FNOS/c1-9-4-5-11(13)10(8-9)12(15)14-6-3-7-16-2/h4-5,8H,3,6-7H2,1-2H3,(H,14,15). The highest BCUT2D eigenvalue weighted by atomic mass is 32.2. The highest BCUT2D eigenvalue weighted by molar-refractivity contribution is 7.98. The number of aryl methyl sites for hydroxylation is 1. The number of halogens is 1. The molecule has 0 saturated carbocycles. The molecule has 16 heavy (non-hydrogen) atoms. The molecule has 1 aromatic carbocycles. The molecule has 0 heterocycles. The fourth-order valence-electron chi connectivity index (χ4n) is 1.33. The van der Waals surface area contributed by atoms with Crippen LogP contribution in [0, 0.1) is 12.7 Å². The molecule has 0 saturated heterocycles. The Labute approximate surface area is 99.6 Å². The minimum absolute atomic E-state index is 0.129. The molecule has 88 valence electrons. The zero-order valence-electron chi connectivity index (χ0n) is 9.55. The van der Waals surface area contributed by atoms with Gasteiger partial charge in [0.1, 0.15) is 5.82 Å². The minimum atomic E-state index is -0.465. The van der Waals surface area contributed by atoms with Gasteiger partial charge in [-0.25, -0.2) is 4.39 Å². The molecule has 0 unspecified atom stereocenters. The Hall–Kier alpha value is -1.03. The van der Waals surface area contributed by atoms with E-state index >= 15 is 0 Å². The van der Waals surface area contributed by atoms with E-state index in [0.717, 1.165) is 17.7 Å². The van der Waals surface area contributed by atoms with Crippen LogP contribution in [0.25, 0.3) is 0 Å². The van der Waals surface area contributed by atoms with Crippen molar-refractivity contribution in [1.82, 2.24) is 5.32 Å². The van der Waals surface area contributed by atoms with Crippen LogP contribution in [-0.2, 0) is 0 Å². The van der Waals surface area contributed by atoms with Gasteiger partial charge in [0.15, 0.2) is 0 Å². The molecule has 0 bridgehead atoms. The third-order valence-electron chi connectivity index (χ3n) is 2.18. The lowest BCUT2D eigenvalue weighted by molar-refractivity contribution is 0.0949.